The normalized spacial score (nSPS) is 12.5. The highest BCUT2D eigenvalue weighted by Crippen LogP contribution is 2.13. The van der Waals surface area contributed by atoms with Crippen molar-refractivity contribution in [1.29, 1.82) is 0 Å². The summed E-state index contributed by atoms with van der Waals surface area (Å²) in [6.07, 6.45) is 47.7. The minimum atomic E-state index is -0.775. The van der Waals surface area contributed by atoms with Crippen LogP contribution in [0.25, 0.3) is 0 Å². The first-order chi connectivity index (χ1) is 23.6. The second-order valence-electron chi connectivity index (χ2n) is 13.7. The van der Waals surface area contributed by atoms with E-state index in [9.17, 15) is 14.7 Å². The Bertz CT molecular complexity index is 771. The van der Waals surface area contributed by atoms with E-state index in [0.29, 0.717) is 12.8 Å². The molecule has 0 radical (unpaired) electrons. The highest BCUT2D eigenvalue weighted by Gasteiger charge is 2.16. The van der Waals surface area contributed by atoms with E-state index in [0.717, 1.165) is 51.4 Å². The molecule has 5 nitrogen and oxygen atoms in total. The third-order valence-corrected chi connectivity index (χ3v) is 8.91. The molecular formula is C43H78O5. The summed E-state index contributed by atoms with van der Waals surface area (Å²) in [7, 11) is 0. The molecule has 0 aromatic carbocycles. The summed E-state index contributed by atoms with van der Waals surface area (Å²) >= 11 is 0. The lowest BCUT2D eigenvalue weighted by molar-refractivity contribution is -0.161. The molecule has 0 aromatic heterocycles. The third kappa shape index (κ3) is 36.9. The van der Waals surface area contributed by atoms with Gasteiger partial charge in [0.2, 0.25) is 0 Å². The molecule has 0 spiro atoms. The van der Waals surface area contributed by atoms with Crippen molar-refractivity contribution in [3.05, 3.63) is 36.5 Å². The maximum Gasteiger partial charge on any atom is 0.306 e. The van der Waals surface area contributed by atoms with Gasteiger partial charge in [0, 0.05) is 12.8 Å². The predicted octanol–water partition coefficient (Wildman–Crippen LogP) is 12.8. The zero-order valence-corrected chi connectivity index (χ0v) is 31.7. The van der Waals surface area contributed by atoms with Gasteiger partial charge in [0.1, 0.15) is 6.61 Å². The summed E-state index contributed by atoms with van der Waals surface area (Å²) in [5.74, 6) is -0.601. The highest BCUT2D eigenvalue weighted by atomic mass is 16.6. The fourth-order valence-corrected chi connectivity index (χ4v) is 5.75. The van der Waals surface area contributed by atoms with Crippen molar-refractivity contribution in [2.45, 2.75) is 213 Å². The van der Waals surface area contributed by atoms with Gasteiger partial charge < -0.3 is 14.6 Å². The topological polar surface area (TPSA) is 72.8 Å². The van der Waals surface area contributed by atoms with Gasteiger partial charge in [-0.15, -0.1) is 0 Å². The molecule has 0 heterocycles. The third-order valence-electron chi connectivity index (χ3n) is 8.91. The quantitative estimate of drug-likeness (QED) is 0.0403. The molecule has 0 fully saturated rings. The minimum absolute atomic E-state index is 0.0700. The lowest BCUT2D eigenvalue weighted by atomic mass is 10.1. The molecule has 0 rings (SSSR count). The van der Waals surface area contributed by atoms with Crippen LogP contribution in [0.15, 0.2) is 36.5 Å². The van der Waals surface area contributed by atoms with Crippen LogP contribution < -0.4 is 0 Å². The SMILES string of the molecule is CCCCC/C=C/C/C=C/CCCCCCCCCC(=O)O[C@@H](CO)COC(=O)CCCCCCCCC/C=C/CCCCCCCC. The molecule has 5 heteroatoms. The van der Waals surface area contributed by atoms with Crippen molar-refractivity contribution in [1.82, 2.24) is 0 Å². The average Bonchev–Trinajstić information content (AvgIpc) is 3.09. The summed E-state index contributed by atoms with van der Waals surface area (Å²) < 4.78 is 10.6. The van der Waals surface area contributed by atoms with Crippen LogP contribution in [0, 0.1) is 0 Å². The molecule has 0 unspecified atom stereocenters. The number of esters is 2. The van der Waals surface area contributed by atoms with Crippen molar-refractivity contribution in [2.75, 3.05) is 13.2 Å². The summed E-state index contributed by atoms with van der Waals surface area (Å²) in [6.45, 7) is 4.10. The summed E-state index contributed by atoms with van der Waals surface area (Å²) in [5, 5.41) is 9.56. The van der Waals surface area contributed by atoms with Crippen molar-refractivity contribution >= 4 is 11.9 Å². The van der Waals surface area contributed by atoms with Gasteiger partial charge in [-0.05, 0) is 70.6 Å². The van der Waals surface area contributed by atoms with Crippen molar-refractivity contribution in [2.24, 2.45) is 0 Å². The largest absolute Gasteiger partial charge is 0.462 e. The fourth-order valence-electron chi connectivity index (χ4n) is 5.75. The maximum absolute atomic E-state index is 12.2. The number of hydrogen-bond donors (Lipinski definition) is 1. The molecular weight excluding hydrogens is 596 g/mol. The fraction of sp³-hybridized carbons (Fsp3) is 0.814. The van der Waals surface area contributed by atoms with Gasteiger partial charge in [0.05, 0.1) is 6.61 Å². The standard InChI is InChI=1S/C43H78O5/c1-3-5-7-9-11-13-15-17-19-21-23-25-27-29-31-33-35-37-42(45)47-40-41(39-44)48-43(46)38-36-34-32-30-28-26-24-22-20-18-16-14-12-10-8-6-4-2/h12,14,17-20,41,44H,3-11,13,15-16,21-40H2,1-2H3/b14-12+,19-17+,20-18+/t41-/m0/s1. The van der Waals surface area contributed by atoms with Crippen LogP contribution in [0.4, 0.5) is 0 Å². The van der Waals surface area contributed by atoms with Crippen LogP contribution in [0.1, 0.15) is 206 Å². The number of carbonyl (C=O) groups excluding carboxylic acids is 2. The lowest BCUT2D eigenvalue weighted by Gasteiger charge is -2.15. The van der Waals surface area contributed by atoms with Gasteiger partial charge in [-0.25, -0.2) is 0 Å². The molecule has 0 aliphatic carbocycles. The van der Waals surface area contributed by atoms with E-state index in [1.54, 1.807) is 0 Å². The van der Waals surface area contributed by atoms with E-state index in [2.05, 4.69) is 50.3 Å². The molecule has 0 saturated heterocycles. The molecule has 0 aromatic rings. The van der Waals surface area contributed by atoms with E-state index < -0.39 is 6.10 Å². The van der Waals surface area contributed by atoms with E-state index in [4.69, 9.17) is 9.47 Å². The number of rotatable bonds is 37. The zero-order chi connectivity index (χ0) is 35.0. The maximum atomic E-state index is 12.2. The molecule has 0 aliphatic heterocycles. The number of ether oxygens (including phenoxy) is 2. The van der Waals surface area contributed by atoms with Crippen LogP contribution in [-0.2, 0) is 19.1 Å². The Labute approximate surface area is 297 Å². The van der Waals surface area contributed by atoms with E-state index >= 15 is 0 Å². The zero-order valence-electron chi connectivity index (χ0n) is 31.7. The van der Waals surface area contributed by atoms with Gasteiger partial charge in [0.25, 0.3) is 0 Å². The van der Waals surface area contributed by atoms with E-state index in [1.807, 2.05) is 0 Å². The van der Waals surface area contributed by atoms with Crippen molar-refractivity contribution < 1.29 is 24.2 Å². The summed E-state index contributed by atoms with van der Waals surface area (Å²) in [4.78, 5) is 24.3. The van der Waals surface area contributed by atoms with Gasteiger partial charge in [-0.2, -0.15) is 0 Å². The Morgan fingerprint density at radius 1 is 0.479 bits per heavy atom. The van der Waals surface area contributed by atoms with Gasteiger partial charge in [-0.3, -0.25) is 9.59 Å². The molecule has 48 heavy (non-hydrogen) atoms. The Morgan fingerprint density at radius 2 is 0.833 bits per heavy atom. The number of unbranched alkanes of at least 4 members (excludes halogenated alkanes) is 23. The van der Waals surface area contributed by atoms with Crippen LogP contribution in [0.3, 0.4) is 0 Å². The van der Waals surface area contributed by atoms with Crippen LogP contribution in [0.5, 0.6) is 0 Å². The number of allylic oxidation sites excluding steroid dienone is 6. The number of carbonyl (C=O) groups is 2. The summed E-state index contributed by atoms with van der Waals surface area (Å²) in [6, 6.07) is 0. The van der Waals surface area contributed by atoms with Crippen molar-refractivity contribution in [3.63, 3.8) is 0 Å². The van der Waals surface area contributed by atoms with E-state index in [-0.39, 0.29) is 25.2 Å². The van der Waals surface area contributed by atoms with Gasteiger partial charge in [0.15, 0.2) is 6.10 Å². The average molecular weight is 675 g/mol. The first kappa shape index (κ1) is 46.1. The first-order valence-corrected chi connectivity index (χ1v) is 20.5. The minimum Gasteiger partial charge on any atom is -0.462 e. The Hall–Kier alpha value is -1.88. The van der Waals surface area contributed by atoms with Gasteiger partial charge in [-0.1, -0.05) is 159 Å². The summed E-state index contributed by atoms with van der Waals surface area (Å²) in [5.41, 5.74) is 0. The highest BCUT2D eigenvalue weighted by molar-refractivity contribution is 5.70. The molecule has 1 N–H and O–H groups in total. The smallest absolute Gasteiger partial charge is 0.306 e. The molecule has 0 bridgehead atoms. The number of aliphatic hydroxyl groups is 1. The molecule has 0 saturated carbocycles. The lowest BCUT2D eigenvalue weighted by Crippen LogP contribution is -2.28. The van der Waals surface area contributed by atoms with Crippen molar-refractivity contribution in [3.8, 4) is 0 Å². The molecule has 0 aliphatic rings. The number of hydrogen-bond acceptors (Lipinski definition) is 5. The van der Waals surface area contributed by atoms with Crippen LogP contribution >= 0.6 is 0 Å². The van der Waals surface area contributed by atoms with Crippen LogP contribution in [-0.4, -0.2) is 36.4 Å². The predicted molar refractivity (Wildman–Crippen MR) is 205 cm³/mol. The number of aliphatic hydroxyl groups excluding tert-OH is 1. The second-order valence-corrected chi connectivity index (χ2v) is 13.7. The first-order valence-electron chi connectivity index (χ1n) is 20.5. The Kier molecular flexibility index (Phi) is 38.0. The van der Waals surface area contributed by atoms with E-state index in [1.165, 1.54) is 128 Å². The van der Waals surface area contributed by atoms with Gasteiger partial charge >= 0.3 is 11.9 Å². The monoisotopic (exact) mass is 675 g/mol. The Balaban J connectivity index is 3.56. The Morgan fingerprint density at radius 3 is 1.29 bits per heavy atom. The molecule has 1 atom stereocenters. The van der Waals surface area contributed by atoms with Crippen LogP contribution in [0.2, 0.25) is 0 Å². The molecule has 0 amide bonds. The molecule has 280 valence electrons. The second kappa shape index (κ2) is 39.6.